The lowest BCUT2D eigenvalue weighted by atomic mass is 10.2. The van der Waals surface area contributed by atoms with Gasteiger partial charge < -0.3 is 10.8 Å². The maximum Gasteiger partial charge on any atom is 0.125 e. The van der Waals surface area contributed by atoms with Crippen molar-refractivity contribution >= 4 is 29.2 Å². The lowest BCUT2D eigenvalue weighted by molar-refractivity contribution is 0.196. The van der Waals surface area contributed by atoms with E-state index in [9.17, 15) is 5.11 Å². The smallest absolute Gasteiger partial charge is 0.125 e. The van der Waals surface area contributed by atoms with Crippen LogP contribution in [0.2, 0.25) is 5.02 Å². The van der Waals surface area contributed by atoms with Gasteiger partial charge in [-0.2, -0.15) is 0 Å². The van der Waals surface area contributed by atoms with E-state index in [0.717, 1.165) is 4.90 Å². The minimum atomic E-state index is -0.427. The first-order valence-corrected chi connectivity index (χ1v) is 6.17. The van der Waals surface area contributed by atoms with Crippen molar-refractivity contribution in [3.05, 3.63) is 28.8 Å². The summed E-state index contributed by atoms with van der Waals surface area (Å²) in [6.07, 6.45) is -0.427. The molecule has 0 saturated heterocycles. The predicted octanol–water partition coefficient (Wildman–Crippen LogP) is 2.49. The van der Waals surface area contributed by atoms with Crippen molar-refractivity contribution in [1.29, 1.82) is 5.41 Å². The molecule has 0 aromatic heterocycles. The predicted molar refractivity (Wildman–Crippen MR) is 69.5 cm³/mol. The molecule has 4 N–H and O–H groups in total. The Bertz CT molecular complexity index is 396. The molecule has 0 aliphatic heterocycles. The molecule has 0 amide bonds. The summed E-state index contributed by atoms with van der Waals surface area (Å²) in [6, 6.07) is 5.37. The van der Waals surface area contributed by atoms with E-state index < -0.39 is 6.10 Å². The second kappa shape index (κ2) is 5.57. The number of aliphatic hydroxyl groups excluding tert-OH is 1. The van der Waals surface area contributed by atoms with Crippen LogP contribution in [0, 0.1) is 5.41 Å². The highest BCUT2D eigenvalue weighted by Gasteiger charge is 2.15. The van der Waals surface area contributed by atoms with E-state index in [1.54, 1.807) is 13.0 Å². The highest BCUT2D eigenvalue weighted by Crippen LogP contribution is 2.31. The molecule has 0 aliphatic carbocycles. The van der Waals surface area contributed by atoms with Crippen LogP contribution in [-0.2, 0) is 0 Å². The topological polar surface area (TPSA) is 70.1 Å². The number of nitrogen functional groups attached to an aromatic ring is 1. The summed E-state index contributed by atoms with van der Waals surface area (Å²) in [4.78, 5) is 0.827. The van der Waals surface area contributed by atoms with Crippen LogP contribution in [0.5, 0.6) is 0 Å². The molecule has 1 aromatic carbocycles. The third-order valence-electron chi connectivity index (χ3n) is 2.24. The first-order valence-electron chi connectivity index (χ1n) is 4.91. The first kappa shape index (κ1) is 13.4. The van der Waals surface area contributed by atoms with Crippen molar-refractivity contribution in [3.63, 3.8) is 0 Å². The summed E-state index contributed by atoms with van der Waals surface area (Å²) in [5, 5.41) is 17.4. The van der Waals surface area contributed by atoms with Gasteiger partial charge in [0, 0.05) is 15.7 Å². The Hall–Kier alpha value is -0.710. The zero-order valence-corrected chi connectivity index (χ0v) is 10.8. The van der Waals surface area contributed by atoms with E-state index >= 15 is 0 Å². The Morgan fingerprint density at radius 2 is 2.12 bits per heavy atom. The maximum absolute atomic E-state index is 9.44. The summed E-state index contributed by atoms with van der Waals surface area (Å²) in [5.41, 5.74) is 6.03. The molecule has 0 aliphatic rings. The second-order valence-electron chi connectivity index (χ2n) is 3.59. The van der Waals surface area contributed by atoms with Gasteiger partial charge in [-0.1, -0.05) is 24.6 Å². The molecule has 0 bridgehead atoms. The second-order valence-corrected chi connectivity index (χ2v) is 5.42. The zero-order chi connectivity index (χ0) is 12.3. The van der Waals surface area contributed by atoms with Gasteiger partial charge in [0.1, 0.15) is 5.84 Å². The molecule has 0 fully saturated rings. The molecule has 2 unspecified atom stereocenters. The number of amidine groups is 1. The molecule has 5 heteroatoms. The third-order valence-corrected chi connectivity index (χ3v) is 3.91. The van der Waals surface area contributed by atoms with E-state index in [1.807, 2.05) is 19.1 Å². The molecule has 2 atom stereocenters. The number of nitrogens with one attached hydrogen (secondary N) is 1. The summed E-state index contributed by atoms with van der Waals surface area (Å²) < 4.78 is 0. The molecule has 0 saturated carbocycles. The summed E-state index contributed by atoms with van der Waals surface area (Å²) in [6.45, 7) is 3.65. The Balaban J connectivity index is 3.04. The SMILES string of the molecule is CC(O)C(C)Sc1cccc(Cl)c1C(=N)N. The van der Waals surface area contributed by atoms with E-state index in [4.69, 9.17) is 22.7 Å². The Morgan fingerprint density at radius 1 is 1.50 bits per heavy atom. The molecule has 0 spiro atoms. The minimum Gasteiger partial charge on any atom is -0.392 e. The number of hydrogen-bond donors (Lipinski definition) is 3. The van der Waals surface area contributed by atoms with Crippen LogP contribution in [0.4, 0.5) is 0 Å². The number of rotatable bonds is 4. The van der Waals surface area contributed by atoms with Crippen molar-refractivity contribution in [2.45, 2.75) is 30.1 Å². The Morgan fingerprint density at radius 3 is 2.62 bits per heavy atom. The van der Waals surface area contributed by atoms with Gasteiger partial charge in [0.15, 0.2) is 0 Å². The molecule has 0 radical (unpaired) electrons. The molecule has 88 valence electrons. The number of aliphatic hydroxyl groups is 1. The van der Waals surface area contributed by atoms with Crippen LogP contribution in [-0.4, -0.2) is 22.3 Å². The molecule has 1 rings (SSSR count). The van der Waals surface area contributed by atoms with Gasteiger partial charge >= 0.3 is 0 Å². The van der Waals surface area contributed by atoms with E-state index in [2.05, 4.69) is 0 Å². The fourth-order valence-electron chi connectivity index (χ4n) is 1.16. The van der Waals surface area contributed by atoms with Crippen LogP contribution in [0.25, 0.3) is 0 Å². The third kappa shape index (κ3) is 3.14. The van der Waals surface area contributed by atoms with Gasteiger partial charge in [-0.15, -0.1) is 11.8 Å². The van der Waals surface area contributed by atoms with Crippen LogP contribution in [0.1, 0.15) is 19.4 Å². The number of halogens is 1. The number of hydrogen-bond acceptors (Lipinski definition) is 3. The fraction of sp³-hybridized carbons (Fsp3) is 0.364. The number of benzene rings is 1. The van der Waals surface area contributed by atoms with Crippen molar-refractivity contribution in [1.82, 2.24) is 0 Å². The van der Waals surface area contributed by atoms with Crippen LogP contribution >= 0.6 is 23.4 Å². The van der Waals surface area contributed by atoms with Crippen molar-refractivity contribution in [2.75, 3.05) is 0 Å². The summed E-state index contributed by atoms with van der Waals surface area (Å²) in [7, 11) is 0. The van der Waals surface area contributed by atoms with Gasteiger partial charge in [-0.3, -0.25) is 5.41 Å². The van der Waals surface area contributed by atoms with Gasteiger partial charge in [-0.25, -0.2) is 0 Å². The quantitative estimate of drug-likeness (QED) is 0.441. The molecule has 1 aromatic rings. The molecule has 16 heavy (non-hydrogen) atoms. The van der Waals surface area contributed by atoms with Gasteiger partial charge in [0.05, 0.1) is 11.1 Å². The molecular weight excluding hydrogens is 244 g/mol. The Labute approximate surface area is 105 Å². The first-order chi connectivity index (χ1) is 7.43. The largest absolute Gasteiger partial charge is 0.392 e. The van der Waals surface area contributed by atoms with Crippen LogP contribution in [0.15, 0.2) is 23.1 Å². The van der Waals surface area contributed by atoms with Crippen molar-refractivity contribution < 1.29 is 5.11 Å². The van der Waals surface area contributed by atoms with Crippen LogP contribution in [0.3, 0.4) is 0 Å². The zero-order valence-electron chi connectivity index (χ0n) is 9.20. The monoisotopic (exact) mass is 258 g/mol. The Kier molecular flexibility index (Phi) is 4.65. The maximum atomic E-state index is 9.44. The summed E-state index contributed by atoms with van der Waals surface area (Å²) in [5.74, 6) is -0.0501. The highest BCUT2D eigenvalue weighted by atomic mass is 35.5. The minimum absolute atomic E-state index is 0.0246. The standard InChI is InChI=1S/C11H15ClN2OS/c1-6(15)7(2)16-9-5-3-4-8(12)10(9)11(13)14/h3-7,15H,1-2H3,(H3,13,14). The number of thioether (sulfide) groups is 1. The van der Waals surface area contributed by atoms with E-state index in [-0.39, 0.29) is 11.1 Å². The normalized spacial score (nSPS) is 14.5. The molecular formula is C11H15ClN2OS. The van der Waals surface area contributed by atoms with Crippen LogP contribution < -0.4 is 5.73 Å². The van der Waals surface area contributed by atoms with Gasteiger partial charge in [0.2, 0.25) is 0 Å². The average Bonchev–Trinajstić information content (AvgIpc) is 2.16. The lowest BCUT2D eigenvalue weighted by Crippen LogP contribution is -2.17. The van der Waals surface area contributed by atoms with Gasteiger partial charge in [0.25, 0.3) is 0 Å². The van der Waals surface area contributed by atoms with Crippen molar-refractivity contribution in [2.24, 2.45) is 5.73 Å². The molecule has 3 nitrogen and oxygen atoms in total. The highest BCUT2D eigenvalue weighted by molar-refractivity contribution is 8.00. The molecule has 0 heterocycles. The summed E-state index contributed by atoms with van der Waals surface area (Å²) >= 11 is 7.46. The van der Waals surface area contributed by atoms with Crippen molar-refractivity contribution in [3.8, 4) is 0 Å². The lowest BCUT2D eigenvalue weighted by Gasteiger charge is -2.16. The van der Waals surface area contributed by atoms with Gasteiger partial charge in [-0.05, 0) is 19.1 Å². The van der Waals surface area contributed by atoms with E-state index in [1.165, 1.54) is 11.8 Å². The average molecular weight is 259 g/mol. The number of nitrogens with two attached hydrogens (primary N) is 1. The van der Waals surface area contributed by atoms with E-state index in [0.29, 0.717) is 10.6 Å². The fourth-order valence-corrected chi connectivity index (χ4v) is 2.59.